The smallest absolute Gasteiger partial charge is 0.264 e. The maximum absolute atomic E-state index is 12.7. The molecule has 0 saturated carbocycles. The zero-order valence-electron chi connectivity index (χ0n) is 12.7. The molecule has 0 spiro atoms. The molecule has 1 N–H and O–H groups in total. The Morgan fingerprint density at radius 1 is 1.05 bits per heavy atom. The third-order valence-corrected chi connectivity index (χ3v) is 5.07. The topological polar surface area (TPSA) is 66.5 Å². The maximum atomic E-state index is 12.7. The van der Waals surface area contributed by atoms with Gasteiger partial charge in [0.25, 0.3) is 10.0 Å². The Labute approximate surface area is 130 Å². The fraction of sp³-hybridized carbons (Fsp3) is 0.188. The summed E-state index contributed by atoms with van der Waals surface area (Å²) in [6.45, 7) is 3.26. The number of amides is 1. The minimum absolute atomic E-state index is 0.173. The fourth-order valence-electron chi connectivity index (χ4n) is 2.12. The first-order chi connectivity index (χ1) is 10.3. The molecule has 0 bridgehead atoms. The van der Waals surface area contributed by atoms with E-state index in [-0.39, 0.29) is 10.8 Å². The van der Waals surface area contributed by atoms with Gasteiger partial charge in [0.1, 0.15) is 0 Å². The highest BCUT2D eigenvalue weighted by Gasteiger charge is 2.22. The number of para-hydroxylation sites is 1. The van der Waals surface area contributed by atoms with E-state index in [2.05, 4.69) is 5.32 Å². The van der Waals surface area contributed by atoms with Crippen molar-refractivity contribution >= 4 is 27.3 Å². The quantitative estimate of drug-likeness (QED) is 0.942. The molecule has 0 aliphatic heterocycles. The molecule has 2 aromatic carbocycles. The standard InChI is InChI=1S/C16H18N2O3S/c1-12-6-4-5-7-16(12)18(3)22(20,21)15-10-8-14(9-11-15)17-13(2)19/h4-11H,1-3H3,(H,17,19). The number of aryl methyl sites for hydroxylation is 1. The van der Waals surface area contributed by atoms with Crippen molar-refractivity contribution in [2.24, 2.45) is 0 Å². The fourth-order valence-corrected chi connectivity index (χ4v) is 3.38. The van der Waals surface area contributed by atoms with Crippen LogP contribution in [0.3, 0.4) is 0 Å². The summed E-state index contributed by atoms with van der Waals surface area (Å²) in [6.07, 6.45) is 0. The number of rotatable bonds is 4. The van der Waals surface area contributed by atoms with Gasteiger partial charge in [-0.2, -0.15) is 0 Å². The van der Waals surface area contributed by atoms with Crippen molar-refractivity contribution in [3.8, 4) is 0 Å². The van der Waals surface area contributed by atoms with Crippen LogP contribution in [0.5, 0.6) is 0 Å². The zero-order valence-corrected chi connectivity index (χ0v) is 13.5. The van der Waals surface area contributed by atoms with Gasteiger partial charge in [0.2, 0.25) is 5.91 Å². The molecule has 0 aliphatic carbocycles. The van der Waals surface area contributed by atoms with E-state index in [1.165, 1.54) is 30.4 Å². The average molecular weight is 318 g/mol. The summed E-state index contributed by atoms with van der Waals surface area (Å²) >= 11 is 0. The van der Waals surface area contributed by atoms with Crippen molar-refractivity contribution in [2.75, 3.05) is 16.7 Å². The number of nitrogens with zero attached hydrogens (tertiary/aromatic N) is 1. The third kappa shape index (κ3) is 3.28. The van der Waals surface area contributed by atoms with Crippen LogP contribution in [0.2, 0.25) is 0 Å². The minimum atomic E-state index is -3.64. The van der Waals surface area contributed by atoms with Gasteiger partial charge >= 0.3 is 0 Å². The van der Waals surface area contributed by atoms with Crippen molar-refractivity contribution in [2.45, 2.75) is 18.7 Å². The molecule has 0 heterocycles. The summed E-state index contributed by atoms with van der Waals surface area (Å²) in [4.78, 5) is 11.2. The number of hydrogen-bond acceptors (Lipinski definition) is 3. The first-order valence-electron chi connectivity index (χ1n) is 6.74. The lowest BCUT2D eigenvalue weighted by atomic mass is 10.2. The Morgan fingerprint density at radius 2 is 1.64 bits per heavy atom. The number of hydrogen-bond donors (Lipinski definition) is 1. The molecule has 2 rings (SSSR count). The Balaban J connectivity index is 2.34. The monoisotopic (exact) mass is 318 g/mol. The molecule has 22 heavy (non-hydrogen) atoms. The van der Waals surface area contributed by atoms with E-state index in [4.69, 9.17) is 0 Å². The normalized spacial score (nSPS) is 11.0. The number of anilines is 2. The number of carbonyl (C=O) groups is 1. The van der Waals surface area contributed by atoms with Gasteiger partial charge in [-0.15, -0.1) is 0 Å². The molecule has 6 heteroatoms. The van der Waals surface area contributed by atoms with Gasteiger partial charge in [-0.3, -0.25) is 9.10 Å². The first-order valence-corrected chi connectivity index (χ1v) is 8.18. The average Bonchev–Trinajstić information content (AvgIpc) is 2.47. The second-order valence-corrected chi connectivity index (χ2v) is 6.93. The molecular weight excluding hydrogens is 300 g/mol. The van der Waals surface area contributed by atoms with Crippen LogP contribution in [0.1, 0.15) is 12.5 Å². The summed E-state index contributed by atoms with van der Waals surface area (Å²) in [7, 11) is -2.11. The largest absolute Gasteiger partial charge is 0.326 e. The van der Waals surface area contributed by atoms with Crippen molar-refractivity contribution in [3.05, 3.63) is 54.1 Å². The van der Waals surface area contributed by atoms with Crippen LogP contribution in [0.25, 0.3) is 0 Å². The summed E-state index contributed by atoms with van der Waals surface area (Å²) in [5.41, 5.74) is 2.07. The number of carbonyl (C=O) groups excluding carboxylic acids is 1. The van der Waals surface area contributed by atoms with Gasteiger partial charge in [-0.05, 0) is 42.8 Å². The Morgan fingerprint density at radius 3 is 2.18 bits per heavy atom. The predicted octanol–water partition coefficient (Wildman–Crippen LogP) is 2.78. The summed E-state index contributed by atoms with van der Waals surface area (Å²) in [5.74, 6) is -0.201. The Hall–Kier alpha value is -2.34. The summed E-state index contributed by atoms with van der Waals surface area (Å²) < 4.78 is 26.6. The van der Waals surface area contributed by atoms with E-state index >= 15 is 0 Å². The maximum Gasteiger partial charge on any atom is 0.264 e. The van der Waals surface area contributed by atoms with Crippen molar-refractivity contribution in [1.29, 1.82) is 0 Å². The number of sulfonamides is 1. The van der Waals surface area contributed by atoms with Gasteiger partial charge in [0.15, 0.2) is 0 Å². The van der Waals surface area contributed by atoms with Gasteiger partial charge < -0.3 is 5.32 Å². The van der Waals surface area contributed by atoms with E-state index in [9.17, 15) is 13.2 Å². The molecule has 2 aromatic rings. The highest BCUT2D eigenvalue weighted by Crippen LogP contribution is 2.25. The SMILES string of the molecule is CC(=O)Nc1ccc(S(=O)(=O)N(C)c2ccccc2C)cc1. The van der Waals surface area contributed by atoms with Gasteiger partial charge in [-0.1, -0.05) is 18.2 Å². The molecule has 116 valence electrons. The minimum Gasteiger partial charge on any atom is -0.326 e. The van der Waals surface area contributed by atoms with E-state index in [0.717, 1.165) is 5.56 Å². The van der Waals surface area contributed by atoms with Crippen LogP contribution in [0, 0.1) is 6.92 Å². The number of nitrogens with one attached hydrogen (secondary N) is 1. The van der Waals surface area contributed by atoms with Crippen LogP contribution in [-0.4, -0.2) is 21.4 Å². The van der Waals surface area contributed by atoms with Crippen LogP contribution < -0.4 is 9.62 Å². The first kappa shape index (κ1) is 16.0. The van der Waals surface area contributed by atoms with Gasteiger partial charge in [0, 0.05) is 19.7 Å². The predicted molar refractivity (Wildman–Crippen MR) is 87.5 cm³/mol. The molecule has 0 aromatic heterocycles. The summed E-state index contributed by atoms with van der Waals surface area (Å²) in [6, 6.07) is 13.4. The van der Waals surface area contributed by atoms with Gasteiger partial charge in [-0.25, -0.2) is 8.42 Å². The van der Waals surface area contributed by atoms with Crippen molar-refractivity contribution < 1.29 is 13.2 Å². The van der Waals surface area contributed by atoms with Crippen LogP contribution in [0.15, 0.2) is 53.4 Å². The molecule has 0 fully saturated rings. The van der Waals surface area contributed by atoms with Gasteiger partial charge in [0.05, 0.1) is 10.6 Å². The van der Waals surface area contributed by atoms with Crippen molar-refractivity contribution in [3.63, 3.8) is 0 Å². The molecule has 0 saturated heterocycles. The van der Waals surface area contributed by atoms with Crippen LogP contribution >= 0.6 is 0 Å². The molecule has 0 atom stereocenters. The molecule has 0 radical (unpaired) electrons. The zero-order chi connectivity index (χ0) is 16.3. The lowest BCUT2D eigenvalue weighted by molar-refractivity contribution is -0.114. The molecule has 5 nitrogen and oxygen atoms in total. The van der Waals surface area contributed by atoms with Crippen molar-refractivity contribution in [1.82, 2.24) is 0 Å². The van der Waals surface area contributed by atoms with Crippen LogP contribution in [0.4, 0.5) is 11.4 Å². The van der Waals surface area contributed by atoms with E-state index in [1.807, 2.05) is 19.1 Å². The Bertz CT molecular complexity index is 783. The van der Waals surface area contributed by atoms with Crippen LogP contribution in [-0.2, 0) is 14.8 Å². The highest BCUT2D eigenvalue weighted by molar-refractivity contribution is 7.92. The van der Waals surface area contributed by atoms with E-state index < -0.39 is 10.0 Å². The Kier molecular flexibility index (Phi) is 4.51. The highest BCUT2D eigenvalue weighted by atomic mass is 32.2. The second kappa shape index (κ2) is 6.19. The second-order valence-electron chi connectivity index (χ2n) is 4.96. The third-order valence-electron chi connectivity index (χ3n) is 3.29. The summed E-state index contributed by atoms with van der Waals surface area (Å²) in [5, 5.41) is 2.61. The van der Waals surface area contributed by atoms with E-state index in [1.54, 1.807) is 24.3 Å². The van der Waals surface area contributed by atoms with E-state index in [0.29, 0.717) is 11.4 Å². The molecule has 0 unspecified atom stereocenters. The lowest BCUT2D eigenvalue weighted by Gasteiger charge is -2.21. The molecule has 0 aliphatic rings. The lowest BCUT2D eigenvalue weighted by Crippen LogP contribution is -2.27. The number of benzene rings is 2. The molecular formula is C16H18N2O3S. The molecule has 1 amide bonds.